The largest absolute Gasteiger partial charge is 0.492 e. The van der Waals surface area contributed by atoms with Gasteiger partial charge in [-0.1, -0.05) is 24.6 Å². The Labute approximate surface area is 159 Å². The fourth-order valence-electron chi connectivity index (χ4n) is 3.61. The zero-order valence-corrected chi connectivity index (χ0v) is 15.9. The fraction of sp³-hybridized carbons (Fsp3) is 0.550. The van der Waals surface area contributed by atoms with Gasteiger partial charge in [0.1, 0.15) is 24.4 Å². The molecule has 3 rings (SSSR count). The molecule has 1 saturated carbocycles. The van der Waals surface area contributed by atoms with E-state index in [0.29, 0.717) is 31.9 Å². The second-order valence-electron chi connectivity index (χ2n) is 7.60. The Morgan fingerprint density at radius 3 is 2.59 bits per heavy atom. The summed E-state index contributed by atoms with van der Waals surface area (Å²) in [4.78, 5) is 38.1. The lowest BCUT2D eigenvalue weighted by molar-refractivity contribution is -0.136. The van der Waals surface area contributed by atoms with Gasteiger partial charge in [-0.25, -0.2) is 4.79 Å². The molecule has 1 aromatic rings. The number of urea groups is 1. The molecule has 0 aromatic heterocycles. The number of nitrogens with one attached hydrogen (secondary N) is 2. The summed E-state index contributed by atoms with van der Waals surface area (Å²) in [6, 6.07) is 7.17. The monoisotopic (exact) mass is 373 g/mol. The molecular formula is C20H27N3O4. The maximum atomic E-state index is 12.7. The van der Waals surface area contributed by atoms with Gasteiger partial charge in [-0.3, -0.25) is 14.5 Å². The number of carbonyl (C=O) groups is 3. The molecule has 0 atom stereocenters. The Morgan fingerprint density at radius 2 is 1.93 bits per heavy atom. The van der Waals surface area contributed by atoms with Gasteiger partial charge in [-0.2, -0.15) is 0 Å². The summed E-state index contributed by atoms with van der Waals surface area (Å²) in [6.45, 7) is 4.51. The number of rotatable bonds is 6. The summed E-state index contributed by atoms with van der Waals surface area (Å²) in [6.07, 6.45) is 3.09. The van der Waals surface area contributed by atoms with E-state index in [2.05, 4.69) is 17.6 Å². The Morgan fingerprint density at radius 1 is 1.26 bits per heavy atom. The fourth-order valence-corrected chi connectivity index (χ4v) is 3.61. The van der Waals surface area contributed by atoms with Crippen LogP contribution in [-0.4, -0.2) is 48.0 Å². The molecule has 2 fully saturated rings. The normalized spacial score (nSPS) is 24.8. The molecule has 0 unspecified atom stereocenters. The standard InChI is InChI=1S/C20H27N3O4/c1-14-3-5-16(6-4-14)27-12-11-21-17(24)13-23-18(25)20(22-19(23)26)9-7-15(2)8-10-20/h3-6,15H,7-13H2,1-2H3,(H,21,24)(H,22,26). The van der Waals surface area contributed by atoms with Crippen LogP contribution in [0.5, 0.6) is 5.75 Å². The molecule has 1 aliphatic carbocycles. The first kappa shape index (κ1) is 19.2. The maximum absolute atomic E-state index is 12.7. The highest BCUT2D eigenvalue weighted by Gasteiger charge is 2.52. The topological polar surface area (TPSA) is 87.7 Å². The maximum Gasteiger partial charge on any atom is 0.325 e. The quantitative estimate of drug-likeness (QED) is 0.590. The summed E-state index contributed by atoms with van der Waals surface area (Å²) < 4.78 is 5.55. The van der Waals surface area contributed by atoms with Crippen molar-refractivity contribution in [1.82, 2.24) is 15.5 Å². The van der Waals surface area contributed by atoms with Crippen LogP contribution in [0.3, 0.4) is 0 Å². The number of amides is 4. The lowest BCUT2D eigenvalue weighted by Gasteiger charge is -2.33. The van der Waals surface area contributed by atoms with Crippen molar-refractivity contribution in [3.63, 3.8) is 0 Å². The third-order valence-corrected chi connectivity index (χ3v) is 5.39. The third kappa shape index (κ3) is 4.40. The minimum atomic E-state index is -0.807. The number of ether oxygens (including phenoxy) is 1. The van der Waals surface area contributed by atoms with Gasteiger partial charge in [0.15, 0.2) is 0 Å². The summed E-state index contributed by atoms with van der Waals surface area (Å²) in [7, 11) is 0. The van der Waals surface area contributed by atoms with Gasteiger partial charge in [-0.15, -0.1) is 0 Å². The number of aryl methyl sites for hydroxylation is 1. The number of benzene rings is 1. The van der Waals surface area contributed by atoms with Crippen molar-refractivity contribution in [2.45, 2.75) is 45.1 Å². The number of nitrogens with zero attached hydrogens (tertiary/aromatic N) is 1. The van der Waals surface area contributed by atoms with Crippen molar-refractivity contribution in [2.24, 2.45) is 5.92 Å². The summed E-state index contributed by atoms with van der Waals surface area (Å²) in [5.74, 6) is 0.654. The lowest BCUT2D eigenvalue weighted by atomic mass is 9.77. The molecule has 27 heavy (non-hydrogen) atoms. The van der Waals surface area contributed by atoms with Crippen LogP contribution in [0.4, 0.5) is 4.79 Å². The number of hydrogen-bond acceptors (Lipinski definition) is 4. The van der Waals surface area contributed by atoms with Crippen LogP contribution >= 0.6 is 0 Å². The molecule has 1 aliphatic heterocycles. The Hall–Kier alpha value is -2.57. The molecule has 1 saturated heterocycles. The molecule has 4 amide bonds. The number of hydrogen-bond donors (Lipinski definition) is 2. The van der Waals surface area contributed by atoms with Crippen LogP contribution in [0.1, 0.15) is 38.2 Å². The van der Waals surface area contributed by atoms with Crippen molar-refractivity contribution in [3.8, 4) is 5.75 Å². The van der Waals surface area contributed by atoms with Crippen molar-refractivity contribution >= 4 is 17.8 Å². The molecule has 0 bridgehead atoms. The van der Waals surface area contributed by atoms with Gasteiger partial charge in [0.05, 0.1) is 6.54 Å². The molecule has 1 aromatic carbocycles. The first-order valence-corrected chi connectivity index (χ1v) is 9.50. The minimum absolute atomic E-state index is 0.257. The molecular weight excluding hydrogens is 346 g/mol. The SMILES string of the molecule is Cc1ccc(OCCNC(=O)CN2C(=O)NC3(CCC(C)CC3)C2=O)cc1. The molecule has 146 valence electrons. The highest BCUT2D eigenvalue weighted by Crippen LogP contribution is 2.36. The van der Waals surface area contributed by atoms with E-state index in [-0.39, 0.29) is 18.4 Å². The van der Waals surface area contributed by atoms with Gasteiger partial charge in [0, 0.05) is 0 Å². The van der Waals surface area contributed by atoms with E-state index in [4.69, 9.17) is 4.74 Å². The van der Waals surface area contributed by atoms with Crippen LogP contribution in [-0.2, 0) is 9.59 Å². The second-order valence-corrected chi connectivity index (χ2v) is 7.60. The zero-order valence-electron chi connectivity index (χ0n) is 15.9. The van der Waals surface area contributed by atoms with Crippen molar-refractivity contribution in [2.75, 3.05) is 19.7 Å². The highest BCUT2D eigenvalue weighted by molar-refractivity contribution is 6.09. The Bertz CT molecular complexity index is 708. The lowest BCUT2D eigenvalue weighted by Crippen LogP contribution is -2.50. The Balaban J connectivity index is 1.44. The van der Waals surface area contributed by atoms with Gasteiger partial charge in [0.25, 0.3) is 5.91 Å². The van der Waals surface area contributed by atoms with Crippen molar-refractivity contribution in [1.29, 1.82) is 0 Å². The van der Waals surface area contributed by atoms with E-state index >= 15 is 0 Å². The van der Waals surface area contributed by atoms with E-state index in [1.807, 2.05) is 31.2 Å². The summed E-state index contributed by atoms with van der Waals surface area (Å²) in [5, 5.41) is 5.51. The molecule has 2 N–H and O–H groups in total. The van der Waals surface area contributed by atoms with E-state index in [1.54, 1.807) is 0 Å². The first-order chi connectivity index (χ1) is 12.9. The minimum Gasteiger partial charge on any atom is -0.492 e. The van der Waals surface area contributed by atoms with Crippen LogP contribution < -0.4 is 15.4 Å². The van der Waals surface area contributed by atoms with Crippen LogP contribution in [0, 0.1) is 12.8 Å². The number of carbonyl (C=O) groups excluding carboxylic acids is 3. The van der Waals surface area contributed by atoms with Gasteiger partial charge < -0.3 is 15.4 Å². The highest BCUT2D eigenvalue weighted by atomic mass is 16.5. The van der Waals surface area contributed by atoms with E-state index in [0.717, 1.165) is 29.1 Å². The van der Waals surface area contributed by atoms with Crippen LogP contribution in [0.15, 0.2) is 24.3 Å². The van der Waals surface area contributed by atoms with Crippen molar-refractivity contribution < 1.29 is 19.1 Å². The zero-order chi connectivity index (χ0) is 19.4. The van der Waals surface area contributed by atoms with E-state index in [9.17, 15) is 14.4 Å². The summed E-state index contributed by atoms with van der Waals surface area (Å²) in [5.41, 5.74) is 0.340. The second kappa shape index (κ2) is 7.98. The Kier molecular flexibility index (Phi) is 5.68. The molecule has 0 radical (unpaired) electrons. The van der Waals surface area contributed by atoms with Crippen LogP contribution in [0.25, 0.3) is 0 Å². The van der Waals surface area contributed by atoms with E-state index in [1.165, 1.54) is 0 Å². The average molecular weight is 373 g/mol. The molecule has 1 spiro atoms. The predicted molar refractivity (Wildman–Crippen MR) is 100 cm³/mol. The van der Waals surface area contributed by atoms with Gasteiger partial charge >= 0.3 is 6.03 Å². The smallest absolute Gasteiger partial charge is 0.325 e. The van der Waals surface area contributed by atoms with Crippen LogP contribution in [0.2, 0.25) is 0 Å². The molecule has 1 heterocycles. The molecule has 7 nitrogen and oxygen atoms in total. The van der Waals surface area contributed by atoms with Crippen molar-refractivity contribution in [3.05, 3.63) is 29.8 Å². The van der Waals surface area contributed by atoms with Gasteiger partial charge in [0.2, 0.25) is 5.91 Å². The third-order valence-electron chi connectivity index (χ3n) is 5.39. The average Bonchev–Trinajstić information content (AvgIpc) is 2.87. The first-order valence-electron chi connectivity index (χ1n) is 9.50. The molecule has 7 heteroatoms. The number of imide groups is 1. The van der Waals surface area contributed by atoms with E-state index < -0.39 is 11.6 Å². The summed E-state index contributed by atoms with van der Waals surface area (Å²) >= 11 is 0. The van der Waals surface area contributed by atoms with Gasteiger partial charge in [-0.05, 0) is 50.7 Å². The molecule has 2 aliphatic rings. The predicted octanol–water partition coefficient (Wildman–Crippen LogP) is 1.99.